The van der Waals surface area contributed by atoms with Gasteiger partial charge in [-0.05, 0) is 7.05 Å². The van der Waals surface area contributed by atoms with Crippen molar-refractivity contribution in [1.82, 2.24) is 14.7 Å². The third-order valence-corrected chi connectivity index (χ3v) is 3.96. The van der Waals surface area contributed by atoms with Crippen LogP contribution in [0.15, 0.2) is 21.1 Å². The van der Waals surface area contributed by atoms with Crippen LogP contribution in [0.5, 0.6) is 0 Å². The molecule has 0 radical (unpaired) electrons. The summed E-state index contributed by atoms with van der Waals surface area (Å²) in [7, 11) is 3.73. The van der Waals surface area contributed by atoms with Gasteiger partial charge in [-0.2, -0.15) is 0 Å². The second-order valence-electron chi connectivity index (χ2n) is 4.54. The van der Waals surface area contributed by atoms with Crippen molar-refractivity contribution in [2.75, 3.05) is 40.5 Å². The number of hydrogen-bond donors (Lipinski definition) is 0. The molecule has 0 aromatic heterocycles. The summed E-state index contributed by atoms with van der Waals surface area (Å²) in [4.78, 5) is 21.4. The van der Waals surface area contributed by atoms with Crippen LogP contribution in [0.1, 0.15) is 0 Å². The highest BCUT2D eigenvalue weighted by molar-refractivity contribution is 8.20. The highest BCUT2D eigenvalue weighted by atomic mass is 35.5. The summed E-state index contributed by atoms with van der Waals surface area (Å²) in [6.07, 6.45) is 1.97. The predicted molar refractivity (Wildman–Crippen MR) is 80.2 cm³/mol. The Morgan fingerprint density at radius 1 is 1.55 bits per heavy atom. The minimum absolute atomic E-state index is 0.355. The van der Waals surface area contributed by atoms with Crippen molar-refractivity contribution < 1.29 is 5.03 Å². The molecule has 1 saturated heterocycles. The van der Waals surface area contributed by atoms with E-state index in [9.17, 15) is 10.1 Å². The fourth-order valence-electron chi connectivity index (χ4n) is 2.09. The molecule has 0 saturated carbocycles. The Balaban J connectivity index is 2.13. The highest BCUT2D eigenvalue weighted by Gasteiger charge is 2.28. The number of rotatable bonds is 3. The summed E-state index contributed by atoms with van der Waals surface area (Å²) in [6, 6.07) is 0. The molecule has 0 spiro atoms. The Kier molecular flexibility index (Phi) is 4.84. The lowest BCUT2D eigenvalue weighted by Gasteiger charge is -2.40. The first-order valence-electron chi connectivity index (χ1n) is 5.90. The standard InChI is InChI=1S/C10H15ClN6O2S/c1-14-6-15(2)10(13-17(18)19)16(7-14)5-8-3-4-12-9(11)20-8/h3H,4-7H2,1-2H3/b13-10+. The number of nitro groups is 1. The zero-order valence-electron chi connectivity index (χ0n) is 11.2. The van der Waals surface area contributed by atoms with Gasteiger partial charge in [0.2, 0.25) is 0 Å². The summed E-state index contributed by atoms with van der Waals surface area (Å²) < 4.78 is 0.494. The molecule has 110 valence electrons. The van der Waals surface area contributed by atoms with Crippen molar-refractivity contribution in [2.24, 2.45) is 10.1 Å². The Hall–Kier alpha value is -1.32. The first-order valence-corrected chi connectivity index (χ1v) is 7.09. The van der Waals surface area contributed by atoms with E-state index >= 15 is 0 Å². The number of thioether (sulfide) groups is 1. The highest BCUT2D eigenvalue weighted by Crippen LogP contribution is 2.25. The van der Waals surface area contributed by atoms with Crippen LogP contribution in [0.25, 0.3) is 0 Å². The summed E-state index contributed by atoms with van der Waals surface area (Å²) >= 11 is 7.28. The SMILES string of the molecule is CN1CN(C)/C(=N\[N+](=O)[O-])N(CC2=CCN=C(Cl)S2)C1. The number of hydrazone groups is 1. The quantitative estimate of drug-likeness (QED) is 0.567. The topological polar surface area (TPSA) is 77.6 Å². The molecule has 1 fully saturated rings. The van der Waals surface area contributed by atoms with Gasteiger partial charge in [-0.15, -0.1) is 0 Å². The summed E-state index contributed by atoms with van der Waals surface area (Å²) in [6.45, 7) is 2.24. The van der Waals surface area contributed by atoms with Crippen LogP contribution in [0, 0.1) is 10.1 Å². The number of guanidine groups is 1. The lowest BCUT2D eigenvalue weighted by atomic mass is 10.4. The number of nitrogens with zero attached hydrogens (tertiary/aromatic N) is 6. The maximum atomic E-state index is 10.7. The van der Waals surface area contributed by atoms with Gasteiger partial charge in [-0.3, -0.25) is 9.89 Å². The fourth-order valence-corrected chi connectivity index (χ4v) is 3.19. The van der Waals surface area contributed by atoms with Gasteiger partial charge in [0.15, 0.2) is 9.54 Å². The third kappa shape index (κ3) is 3.84. The van der Waals surface area contributed by atoms with Crippen LogP contribution in [-0.2, 0) is 0 Å². The molecule has 20 heavy (non-hydrogen) atoms. The summed E-state index contributed by atoms with van der Waals surface area (Å²) in [5.74, 6) is 0.355. The van der Waals surface area contributed by atoms with E-state index in [4.69, 9.17) is 11.6 Å². The average molecular weight is 319 g/mol. The second-order valence-corrected chi connectivity index (χ2v) is 6.24. The van der Waals surface area contributed by atoms with E-state index < -0.39 is 5.03 Å². The summed E-state index contributed by atoms with van der Waals surface area (Å²) in [5, 5.41) is 13.5. The molecule has 2 aliphatic rings. The van der Waals surface area contributed by atoms with E-state index in [-0.39, 0.29) is 0 Å². The van der Waals surface area contributed by atoms with Crippen molar-refractivity contribution in [2.45, 2.75) is 0 Å². The number of hydrogen-bond acceptors (Lipinski definition) is 5. The van der Waals surface area contributed by atoms with Gasteiger partial charge in [-0.1, -0.05) is 29.4 Å². The maximum Gasteiger partial charge on any atom is 0.276 e. The lowest BCUT2D eigenvalue weighted by molar-refractivity contribution is -0.486. The first-order chi connectivity index (χ1) is 9.45. The molecule has 0 unspecified atom stereocenters. The van der Waals surface area contributed by atoms with Gasteiger partial charge < -0.3 is 9.80 Å². The molecule has 2 aliphatic heterocycles. The monoisotopic (exact) mass is 318 g/mol. The van der Waals surface area contributed by atoms with Crippen LogP contribution < -0.4 is 0 Å². The fraction of sp³-hybridized carbons (Fsp3) is 0.600. The van der Waals surface area contributed by atoms with E-state index in [1.807, 2.05) is 22.9 Å². The number of aliphatic imine (C=N–C) groups is 1. The van der Waals surface area contributed by atoms with E-state index in [1.54, 1.807) is 11.9 Å². The molecule has 0 aromatic rings. The molecule has 0 bridgehead atoms. The van der Waals surface area contributed by atoms with E-state index in [1.165, 1.54) is 11.8 Å². The minimum Gasteiger partial charge on any atom is -0.328 e. The molecular formula is C10H15ClN6O2S. The molecule has 0 atom stereocenters. The minimum atomic E-state index is -0.666. The summed E-state index contributed by atoms with van der Waals surface area (Å²) in [5.41, 5.74) is 0. The van der Waals surface area contributed by atoms with Crippen molar-refractivity contribution in [1.29, 1.82) is 0 Å². The molecule has 8 nitrogen and oxygen atoms in total. The van der Waals surface area contributed by atoms with Crippen LogP contribution >= 0.6 is 23.4 Å². The van der Waals surface area contributed by atoms with Crippen molar-refractivity contribution in [3.63, 3.8) is 0 Å². The number of halogens is 1. The molecule has 0 aromatic carbocycles. The predicted octanol–water partition coefficient (Wildman–Crippen LogP) is 0.854. The second kappa shape index (κ2) is 6.42. The van der Waals surface area contributed by atoms with Crippen molar-refractivity contribution >= 4 is 33.8 Å². The van der Waals surface area contributed by atoms with Crippen molar-refractivity contribution in [3.05, 3.63) is 21.1 Å². The molecule has 2 rings (SSSR count). The van der Waals surface area contributed by atoms with Crippen LogP contribution in [0.2, 0.25) is 0 Å². The van der Waals surface area contributed by atoms with Crippen LogP contribution in [0.4, 0.5) is 0 Å². The van der Waals surface area contributed by atoms with Gasteiger partial charge in [0.05, 0.1) is 26.4 Å². The molecular weight excluding hydrogens is 304 g/mol. The molecule has 0 aliphatic carbocycles. The van der Waals surface area contributed by atoms with E-state index in [2.05, 4.69) is 10.1 Å². The zero-order chi connectivity index (χ0) is 14.7. The van der Waals surface area contributed by atoms with Crippen LogP contribution in [-0.4, -0.2) is 70.7 Å². The third-order valence-electron chi connectivity index (χ3n) is 2.76. The van der Waals surface area contributed by atoms with Gasteiger partial charge in [0.1, 0.15) is 5.10 Å². The average Bonchev–Trinajstić information content (AvgIpc) is 2.33. The van der Waals surface area contributed by atoms with Gasteiger partial charge in [-0.25, -0.2) is 10.1 Å². The van der Waals surface area contributed by atoms with E-state index in [0.717, 1.165) is 4.91 Å². The largest absolute Gasteiger partial charge is 0.328 e. The Bertz CT molecular complexity index is 494. The molecule has 0 N–H and O–H groups in total. The Morgan fingerprint density at radius 3 is 2.95 bits per heavy atom. The molecule has 0 amide bonds. The van der Waals surface area contributed by atoms with Crippen LogP contribution in [0.3, 0.4) is 0 Å². The molecule has 10 heteroatoms. The first kappa shape index (κ1) is 15.1. The smallest absolute Gasteiger partial charge is 0.276 e. The lowest BCUT2D eigenvalue weighted by Crippen LogP contribution is -2.56. The molecule has 2 heterocycles. The van der Waals surface area contributed by atoms with Gasteiger partial charge >= 0.3 is 0 Å². The van der Waals surface area contributed by atoms with Crippen molar-refractivity contribution in [3.8, 4) is 0 Å². The Labute approximate surface area is 125 Å². The zero-order valence-corrected chi connectivity index (χ0v) is 12.8. The normalized spacial score (nSPS) is 22.9. The maximum absolute atomic E-state index is 10.7. The van der Waals surface area contributed by atoms with Gasteiger partial charge in [0, 0.05) is 12.0 Å². The van der Waals surface area contributed by atoms with E-state index in [0.29, 0.717) is 36.9 Å². The Morgan fingerprint density at radius 2 is 2.30 bits per heavy atom. The van der Waals surface area contributed by atoms with Gasteiger partial charge in [0.25, 0.3) is 5.96 Å².